The number of piperidine rings is 1. The van der Waals surface area contributed by atoms with E-state index in [4.69, 9.17) is 8.83 Å². The molecular formula is C18H22N2O3. The van der Waals surface area contributed by atoms with Crippen LogP contribution in [-0.4, -0.2) is 41.4 Å². The molecule has 4 heterocycles. The highest BCUT2D eigenvalue weighted by Gasteiger charge is 2.41. The Morgan fingerprint density at radius 2 is 2.22 bits per heavy atom. The van der Waals surface area contributed by atoms with E-state index in [2.05, 4.69) is 11.0 Å². The van der Waals surface area contributed by atoms with Gasteiger partial charge in [-0.25, -0.2) is 0 Å². The molecule has 5 heteroatoms. The Labute approximate surface area is 135 Å². The van der Waals surface area contributed by atoms with E-state index >= 15 is 0 Å². The number of furan rings is 2. The van der Waals surface area contributed by atoms with E-state index in [1.165, 1.54) is 12.8 Å². The van der Waals surface area contributed by atoms with Crippen molar-refractivity contribution in [1.82, 2.24) is 9.80 Å². The van der Waals surface area contributed by atoms with Crippen molar-refractivity contribution in [2.24, 2.45) is 5.92 Å². The molecule has 1 amide bonds. The van der Waals surface area contributed by atoms with Crippen LogP contribution in [0.1, 0.15) is 34.9 Å². The van der Waals surface area contributed by atoms with E-state index in [9.17, 15) is 4.79 Å². The summed E-state index contributed by atoms with van der Waals surface area (Å²) < 4.78 is 11.0. The fraction of sp³-hybridized carbons (Fsp3) is 0.500. The Bertz CT molecular complexity index is 676. The summed E-state index contributed by atoms with van der Waals surface area (Å²) >= 11 is 0. The summed E-state index contributed by atoms with van der Waals surface area (Å²) in [5.74, 6) is 2.97. The van der Waals surface area contributed by atoms with Gasteiger partial charge in [0.25, 0.3) is 5.91 Å². The first-order chi connectivity index (χ1) is 11.2. The largest absolute Gasteiger partial charge is 0.465 e. The number of fused-ring (bicyclic) bond motifs is 1. The molecule has 2 atom stereocenters. The number of carbonyl (C=O) groups is 1. The number of hydrogen-bond acceptors (Lipinski definition) is 4. The number of rotatable bonds is 3. The van der Waals surface area contributed by atoms with Gasteiger partial charge in [-0.1, -0.05) is 0 Å². The first kappa shape index (κ1) is 14.6. The Kier molecular flexibility index (Phi) is 3.73. The lowest BCUT2D eigenvalue weighted by Crippen LogP contribution is -2.44. The van der Waals surface area contributed by atoms with Crippen molar-refractivity contribution >= 4 is 5.91 Å². The van der Waals surface area contributed by atoms with Gasteiger partial charge in [0, 0.05) is 19.1 Å². The highest BCUT2D eigenvalue weighted by Crippen LogP contribution is 2.32. The molecule has 0 spiro atoms. The topological polar surface area (TPSA) is 49.8 Å². The zero-order valence-electron chi connectivity index (χ0n) is 13.4. The lowest BCUT2D eigenvalue weighted by atomic mass is 9.92. The fourth-order valence-corrected chi connectivity index (χ4v) is 3.96. The number of aryl methyl sites for hydroxylation is 1. The minimum Gasteiger partial charge on any atom is -0.465 e. The van der Waals surface area contributed by atoms with Crippen LogP contribution in [0.2, 0.25) is 0 Å². The molecule has 2 aliphatic heterocycles. The van der Waals surface area contributed by atoms with Crippen LogP contribution in [0.5, 0.6) is 0 Å². The van der Waals surface area contributed by atoms with Crippen LogP contribution in [0.3, 0.4) is 0 Å². The van der Waals surface area contributed by atoms with Gasteiger partial charge in [-0.05, 0) is 56.5 Å². The second kappa shape index (κ2) is 5.89. The second-order valence-electron chi connectivity index (χ2n) is 6.64. The Morgan fingerprint density at radius 1 is 1.30 bits per heavy atom. The molecule has 0 aliphatic carbocycles. The van der Waals surface area contributed by atoms with E-state index in [1.54, 1.807) is 18.4 Å². The zero-order valence-corrected chi connectivity index (χ0v) is 13.4. The SMILES string of the molecule is Cc1ccc(CN2CCC[C@@H]3CN(C(=O)c4ccco4)C[C@@H]32)o1. The predicted molar refractivity (Wildman–Crippen MR) is 85.0 cm³/mol. The van der Waals surface area contributed by atoms with E-state index in [0.717, 1.165) is 37.7 Å². The van der Waals surface area contributed by atoms with Crippen LogP contribution < -0.4 is 0 Å². The maximum atomic E-state index is 12.5. The number of nitrogens with zero attached hydrogens (tertiary/aromatic N) is 2. The second-order valence-corrected chi connectivity index (χ2v) is 6.64. The third kappa shape index (κ3) is 2.81. The minimum absolute atomic E-state index is 0.0122. The molecule has 2 aromatic rings. The third-order valence-corrected chi connectivity index (χ3v) is 5.07. The normalized spacial score (nSPS) is 24.8. The van der Waals surface area contributed by atoms with Gasteiger partial charge in [0.1, 0.15) is 11.5 Å². The van der Waals surface area contributed by atoms with Gasteiger partial charge in [0.2, 0.25) is 0 Å². The molecule has 23 heavy (non-hydrogen) atoms. The monoisotopic (exact) mass is 314 g/mol. The summed E-state index contributed by atoms with van der Waals surface area (Å²) in [7, 11) is 0. The van der Waals surface area contributed by atoms with Gasteiger partial charge in [-0.3, -0.25) is 9.69 Å². The average molecular weight is 314 g/mol. The van der Waals surface area contributed by atoms with Crippen molar-refractivity contribution < 1.29 is 13.6 Å². The smallest absolute Gasteiger partial charge is 0.289 e. The molecule has 0 aromatic carbocycles. The molecule has 0 N–H and O–H groups in total. The van der Waals surface area contributed by atoms with Gasteiger partial charge in [-0.2, -0.15) is 0 Å². The summed E-state index contributed by atoms with van der Waals surface area (Å²) in [6, 6.07) is 8.00. The van der Waals surface area contributed by atoms with E-state index < -0.39 is 0 Å². The molecule has 0 unspecified atom stereocenters. The van der Waals surface area contributed by atoms with Gasteiger partial charge < -0.3 is 13.7 Å². The summed E-state index contributed by atoms with van der Waals surface area (Å²) in [5.41, 5.74) is 0. The molecule has 0 bridgehead atoms. The quantitative estimate of drug-likeness (QED) is 0.874. The molecule has 2 aromatic heterocycles. The van der Waals surface area contributed by atoms with Gasteiger partial charge in [0.15, 0.2) is 5.76 Å². The molecule has 2 saturated heterocycles. The van der Waals surface area contributed by atoms with Crippen LogP contribution in [-0.2, 0) is 6.54 Å². The van der Waals surface area contributed by atoms with Crippen molar-refractivity contribution in [1.29, 1.82) is 0 Å². The van der Waals surface area contributed by atoms with Gasteiger partial charge in [-0.15, -0.1) is 0 Å². The van der Waals surface area contributed by atoms with E-state index in [1.807, 2.05) is 17.9 Å². The summed E-state index contributed by atoms with van der Waals surface area (Å²) in [6.45, 7) is 5.49. The molecular weight excluding hydrogens is 292 g/mol. The average Bonchev–Trinajstić information content (AvgIpc) is 3.26. The van der Waals surface area contributed by atoms with Gasteiger partial charge >= 0.3 is 0 Å². The van der Waals surface area contributed by atoms with E-state index in [-0.39, 0.29) is 5.91 Å². The van der Waals surface area contributed by atoms with Crippen LogP contribution in [0.15, 0.2) is 39.4 Å². The lowest BCUT2D eigenvalue weighted by molar-refractivity contribution is 0.0741. The van der Waals surface area contributed by atoms with Crippen molar-refractivity contribution in [3.05, 3.63) is 47.8 Å². The van der Waals surface area contributed by atoms with Crippen LogP contribution in [0.25, 0.3) is 0 Å². The standard InChI is InChI=1S/C18H22N2O3/c1-13-6-7-15(23-13)11-19-8-2-4-14-10-20(12-16(14)19)18(21)17-5-3-9-22-17/h3,5-7,9,14,16H,2,4,8,10-12H2,1H3/t14-,16+/m1/s1. The number of likely N-dealkylation sites (tertiary alicyclic amines) is 2. The minimum atomic E-state index is 0.0122. The molecule has 4 rings (SSSR count). The van der Waals surface area contributed by atoms with Crippen LogP contribution in [0, 0.1) is 12.8 Å². The molecule has 0 radical (unpaired) electrons. The lowest BCUT2D eigenvalue weighted by Gasteiger charge is -2.36. The Morgan fingerprint density at radius 3 is 2.96 bits per heavy atom. The number of hydrogen-bond donors (Lipinski definition) is 0. The predicted octanol–water partition coefficient (Wildman–Crippen LogP) is 2.92. The van der Waals surface area contributed by atoms with Crippen molar-refractivity contribution in [2.45, 2.75) is 32.4 Å². The van der Waals surface area contributed by atoms with Crippen molar-refractivity contribution in [3.8, 4) is 0 Å². The number of amides is 1. The third-order valence-electron chi connectivity index (χ3n) is 5.07. The molecule has 122 valence electrons. The van der Waals surface area contributed by atoms with Gasteiger partial charge in [0.05, 0.1) is 12.8 Å². The van der Waals surface area contributed by atoms with Crippen molar-refractivity contribution in [2.75, 3.05) is 19.6 Å². The van der Waals surface area contributed by atoms with Crippen molar-refractivity contribution in [3.63, 3.8) is 0 Å². The summed E-state index contributed by atoms with van der Waals surface area (Å²) in [6.07, 6.45) is 3.94. The van der Waals surface area contributed by atoms with Crippen LogP contribution in [0.4, 0.5) is 0 Å². The first-order valence-corrected chi connectivity index (χ1v) is 8.33. The maximum absolute atomic E-state index is 12.5. The maximum Gasteiger partial charge on any atom is 0.289 e. The Balaban J connectivity index is 1.47. The molecule has 2 aliphatic rings. The molecule has 5 nitrogen and oxygen atoms in total. The zero-order chi connectivity index (χ0) is 15.8. The Hall–Kier alpha value is -2.01. The summed E-state index contributed by atoms with van der Waals surface area (Å²) in [4.78, 5) is 16.9. The fourth-order valence-electron chi connectivity index (χ4n) is 3.96. The van der Waals surface area contributed by atoms with Crippen LogP contribution >= 0.6 is 0 Å². The van der Waals surface area contributed by atoms with E-state index in [0.29, 0.717) is 17.7 Å². The highest BCUT2D eigenvalue weighted by atomic mass is 16.3. The number of carbonyl (C=O) groups excluding carboxylic acids is 1. The summed E-state index contributed by atoms with van der Waals surface area (Å²) in [5, 5.41) is 0. The molecule has 0 saturated carbocycles. The first-order valence-electron chi connectivity index (χ1n) is 8.33. The highest BCUT2D eigenvalue weighted by molar-refractivity contribution is 5.91. The molecule has 2 fully saturated rings.